The topological polar surface area (TPSA) is 74.7 Å². The molecular weight excluding hydrogens is 540 g/mol. The van der Waals surface area contributed by atoms with Crippen LogP contribution in [0, 0.1) is 11.3 Å². The van der Waals surface area contributed by atoms with E-state index in [1.165, 1.54) is 5.56 Å². The molecule has 2 aromatic heterocycles. The SMILES string of the molecule is CC(C)(C)c1cc(-c2ccc(C#N)cn2)cc(-c2cccc3c2nc(-c2cccc(C(C)(C)C)c2O)n3-c2ccccc2)c1. The maximum atomic E-state index is 11.6. The highest BCUT2D eigenvalue weighted by molar-refractivity contribution is 5.96. The summed E-state index contributed by atoms with van der Waals surface area (Å²) in [4.78, 5) is 9.89. The highest BCUT2D eigenvalue weighted by Gasteiger charge is 2.25. The summed E-state index contributed by atoms with van der Waals surface area (Å²) in [5, 5.41) is 20.9. The van der Waals surface area contributed by atoms with Gasteiger partial charge in [0.1, 0.15) is 17.6 Å². The second-order valence-electron chi connectivity index (χ2n) is 13.3. The lowest BCUT2D eigenvalue weighted by Crippen LogP contribution is -2.11. The molecule has 1 N–H and O–H groups in total. The van der Waals surface area contributed by atoms with Gasteiger partial charge in [0.15, 0.2) is 0 Å². The minimum atomic E-state index is -0.238. The van der Waals surface area contributed by atoms with Crippen LogP contribution in [0.4, 0.5) is 0 Å². The molecule has 0 bridgehead atoms. The lowest BCUT2D eigenvalue weighted by Gasteiger charge is -2.22. The highest BCUT2D eigenvalue weighted by atomic mass is 16.3. The fourth-order valence-electron chi connectivity index (χ4n) is 5.68. The van der Waals surface area contributed by atoms with Gasteiger partial charge in [-0.3, -0.25) is 9.55 Å². The first-order valence-corrected chi connectivity index (χ1v) is 14.9. The number of pyridine rings is 1. The Hall–Kier alpha value is -5.21. The summed E-state index contributed by atoms with van der Waals surface area (Å²) in [5.41, 5.74) is 9.48. The number of nitrogens with zero attached hydrogens (tertiary/aromatic N) is 4. The van der Waals surface area contributed by atoms with Crippen molar-refractivity contribution in [3.05, 3.63) is 120 Å². The Morgan fingerprint density at radius 3 is 2.09 bits per heavy atom. The number of rotatable bonds is 4. The Morgan fingerprint density at radius 1 is 0.727 bits per heavy atom. The van der Waals surface area contributed by atoms with Crippen LogP contribution in [-0.2, 0) is 10.8 Å². The first-order chi connectivity index (χ1) is 21.0. The van der Waals surface area contributed by atoms with Gasteiger partial charge in [-0.25, -0.2) is 4.98 Å². The Kier molecular flexibility index (Phi) is 7.10. The van der Waals surface area contributed by atoms with Crippen molar-refractivity contribution in [1.29, 1.82) is 5.26 Å². The molecule has 0 aliphatic rings. The first kappa shape index (κ1) is 28.9. The molecule has 0 saturated carbocycles. The molecule has 0 fully saturated rings. The van der Waals surface area contributed by atoms with E-state index in [1.807, 2.05) is 42.5 Å². The van der Waals surface area contributed by atoms with E-state index in [1.54, 1.807) is 12.3 Å². The number of phenolic OH excluding ortho intramolecular Hbond substituents is 1. The third-order valence-electron chi connectivity index (χ3n) is 8.08. The summed E-state index contributed by atoms with van der Waals surface area (Å²) in [7, 11) is 0. The van der Waals surface area contributed by atoms with Gasteiger partial charge >= 0.3 is 0 Å². The lowest BCUT2D eigenvalue weighted by atomic mass is 9.83. The van der Waals surface area contributed by atoms with Crippen LogP contribution in [0.5, 0.6) is 5.75 Å². The van der Waals surface area contributed by atoms with Gasteiger partial charge < -0.3 is 5.11 Å². The molecule has 0 aliphatic heterocycles. The Balaban J connectivity index is 1.64. The second kappa shape index (κ2) is 10.8. The third kappa shape index (κ3) is 5.24. The smallest absolute Gasteiger partial charge is 0.149 e. The Morgan fingerprint density at radius 2 is 1.43 bits per heavy atom. The molecular formula is C39H36N4O. The van der Waals surface area contributed by atoms with Crippen LogP contribution < -0.4 is 0 Å². The van der Waals surface area contributed by atoms with E-state index in [-0.39, 0.29) is 16.6 Å². The summed E-state index contributed by atoms with van der Waals surface area (Å²) in [5.74, 6) is 0.932. The molecule has 0 radical (unpaired) electrons. The maximum Gasteiger partial charge on any atom is 0.149 e. The predicted molar refractivity (Wildman–Crippen MR) is 179 cm³/mol. The second-order valence-corrected chi connectivity index (χ2v) is 13.3. The number of hydrogen-bond donors (Lipinski definition) is 1. The fraction of sp³-hybridized carbons (Fsp3) is 0.205. The number of imidazole rings is 1. The third-order valence-corrected chi connectivity index (χ3v) is 8.08. The van der Waals surface area contributed by atoms with E-state index in [2.05, 4.69) is 106 Å². The summed E-state index contributed by atoms with van der Waals surface area (Å²) in [6.07, 6.45) is 1.62. The number of fused-ring (bicyclic) bond motifs is 1. The number of benzene rings is 4. The van der Waals surface area contributed by atoms with Crippen molar-refractivity contribution in [2.45, 2.75) is 52.4 Å². The van der Waals surface area contributed by atoms with E-state index < -0.39 is 0 Å². The fourth-order valence-corrected chi connectivity index (χ4v) is 5.68. The van der Waals surface area contributed by atoms with Crippen molar-refractivity contribution in [3.63, 3.8) is 0 Å². The molecule has 4 aromatic carbocycles. The van der Waals surface area contributed by atoms with Crippen LogP contribution in [0.3, 0.4) is 0 Å². The standard InChI is InChI=1S/C39H36N4O/c1-38(2,3)28-21-26(20-27(22-28)33-19-18-25(23-40)24-41-33)30-14-11-17-34-35(30)42-37(43(34)29-12-8-7-9-13-29)31-15-10-16-32(36(31)44)39(4,5)6/h7-22,24,44H,1-6H3. The van der Waals surface area contributed by atoms with Gasteiger partial charge in [-0.15, -0.1) is 0 Å². The molecule has 0 aliphatic carbocycles. The number of phenols is 1. The van der Waals surface area contributed by atoms with Crippen LogP contribution in [-0.4, -0.2) is 19.6 Å². The normalized spacial score (nSPS) is 11.9. The molecule has 5 heteroatoms. The molecule has 5 nitrogen and oxygen atoms in total. The van der Waals surface area contributed by atoms with Crippen LogP contribution in [0.15, 0.2) is 103 Å². The molecule has 44 heavy (non-hydrogen) atoms. The summed E-state index contributed by atoms with van der Waals surface area (Å²) in [6, 6.07) is 34.8. The molecule has 0 amide bonds. The summed E-state index contributed by atoms with van der Waals surface area (Å²) < 4.78 is 2.14. The number of aromatic hydroxyl groups is 1. The number of aromatic nitrogens is 3. The largest absolute Gasteiger partial charge is 0.507 e. The Bertz CT molecular complexity index is 2030. The minimum Gasteiger partial charge on any atom is -0.507 e. The summed E-state index contributed by atoms with van der Waals surface area (Å²) in [6.45, 7) is 12.9. The molecule has 0 unspecified atom stereocenters. The van der Waals surface area contributed by atoms with Crippen LogP contribution in [0.25, 0.3) is 50.5 Å². The van der Waals surface area contributed by atoms with Crippen LogP contribution in [0.2, 0.25) is 0 Å². The molecule has 2 heterocycles. The quantitative estimate of drug-likeness (QED) is 0.227. The van der Waals surface area contributed by atoms with Crippen molar-refractivity contribution in [2.75, 3.05) is 0 Å². The average molecular weight is 577 g/mol. The number of nitriles is 1. The zero-order valence-electron chi connectivity index (χ0n) is 26.1. The van der Waals surface area contributed by atoms with Gasteiger partial charge in [-0.2, -0.15) is 5.26 Å². The molecule has 0 spiro atoms. The first-order valence-electron chi connectivity index (χ1n) is 14.9. The van der Waals surface area contributed by atoms with Crippen molar-refractivity contribution in [2.24, 2.45) is 0 Å². The summed E-state index contributed by atoms with van der Waals surface area (Å²) >= 11 is 0. The van der Waals surface area contributed by atoms with Crippen LogP contribution in [0.1, 0.15) is 58.2 Å². The van der Waals surface area contributed by atoms with Gasteiger partial charge in [-0.05, 0) is 76.1 Å². The van der Waals surface area contributed by atoms with Gasteiger partial charge in [-0.1, -0.05) is 90.1 Å². The van der Waals surface area contributed by atoms with Gasteiger partial charge in [0.25, 0.3) is 0 Å². The van der Waals surface area contributed by atoms with Crippen molar-refractivity contribution in [1.82, 2.24) is 14.5 Å². The number of hydrogen-bond acceptors (Lipinski definition) is 4. The van der Waals surface area contributed by atoms with Crippen molar-refractivity contribution >= 4 is 11.0 Å². The number of para-hydroxylation sites is 3. The molecule has 0 saturated heterocycles. The van der Waals surface area contributed by atoms with E-state index >= 15 is 0 Å². The zero-order chi connectivity index (χ0) is 31.2. The molecule has 6 aromatic rings. The monoisotopic (exact) mass is 576 g/mol. The predicted octanol–water partition coefficient (Wildman–Crippen LogP) is 9.59. The van der Waals surface area contributed by atoms with Crippen molar-refractivity contribution in [3.8, 4) is 51.3 Å². The lowest BCUT2D eigenvalue weighted by molar-refractivity contribution is 0.448. The Labute approximate surface area is 259 Å². The zero-order valence-corrected chi connectivity index (χ0v) is 26.1. The molecule has 0 atom stereocenters. The van der Waals surface area contributed by atoms with Crippen LogP contribution >= 0.6 is 0 Å². The van der Waals surface area contributed by atoms with Gasteiger partial charge in [0.05, 0.1) is 27.9 Å². The minimum absolute atomic E-state index is 0.112. The van der Waals surface area contributed by atoms with E-state index in [4.69, 9.17) is 4.98 Å². The average Bonchev–Trinajstić information content (AvgIpc) is 3.40. The van der Waals surface area contributed by atoms with E-state index in [0.29, 0.717) is 17.0 Å². The van der Waals surface area contributed by atoms with Gasteiger partial charge in [0.2, 0.25) is 0 Å². The maximum absolute atomic E-state index is 11.6. The van der Waals surface area contributed by atoms with E-state index in [0.717, 1.165) is 44.7 Å². The highest BCUT2D eigenvalue weighted by Crippen LogP contribution is 2.42. The molecule has 6 rings (SSSR count). The van der Waals surface area contributed by atoms with E-state index in [9.17, 15) is 10.4 Å². The van der Waals surface area contributed by atoms with Crippen molar-refractivity contribution < 1.29 is 5.11 Å². The molecule has 218 valence electrons. The van der Waals surface area contributed by atoms with Gasteiger partial charge in [0, 0.05) is 23.0 Å².